The van der Waals surface area contributed by atoms with E-state index in [2.05, 4.69) is 10.6 Å². The van der Waals surface area contributed by atoms with E-state index in [0.717, 1.165) is 0 Å². The van der Waals surface area contributed by atoms with E-state index in [0.29, 0.717) is 24.2 Å². The third kappa shape index (κ3) is 5.12. The minimum absolute atomic E-state index is 0.00597. The SMILES string of the molecule is CNCCC(=O)Nc1ccc(CC(=O)O)cc1. The number of carbonyl (C=O) groups is 2. The van der Waals surface area contributed by atoms with Gasteiger partial charge in [-0.25, -0.2) is 0 Å². The number of carboxylic acid groups (broad SMARTS) is 1. The first-order chi connectivity index (χ1) is 8.11. The standard InChI is InChI=1S/C12H16N2O3/c1-13-7-6-11(15)14-10-4-2-9(3-5-10)8-12(16)17/h2-5,13H,6-8H2,1H3,(H,14,15)(H,16,17). The molecule has 17 heavy (non-hydrogen) atoms. The highest BCUT2D eigenvalue weighted by molar-refractivity contribution is 5.90. The van der Waals surface area contributed by atoms with Crippen molar-refractivity contribution in [2.24, 2.45) is 0 Å². The van der Waals surface area contributed by atoms with Crippen molar-refractivity contribution in [2.45, 2.75) is 12.8 Å². The summed E-state index contributed by atoms with van der Waals surface area (Å²) in [6.07, 6.45) is 0.404. The van der Waals surface area contributed by atoms with Gasteiger partial charge in [-0.2, -0.15) is 0 Å². The molecule has 0 atom stereocenters. The summed E-state index contributed by atoms with van der Waals surface area (Å²) in [6, 6.07) is 6.80. The van der Waals surface area contributed by atoms with Crippen LogP contribution in [0.1, 0.15) is 12.0 Å². The highest BCUT2D eigenvalue weighted by Crippen LogP contribution is 2.10. The summed E-state index contributed by atoms with van der Waals surface area (Å²) in [7, 11) is 1.79. The topological polar surface area (TPSA) is 78.4 Å². The summed E-state index contributed by atoms with van der Waals surface area (Å²) >= 11 is 0. The molecule has 0 fully saturated rings. The van der Waals surface area contributed by atoms with Crippen molar-refractivity contribution in [1.29, 1.82) is 0 Å². The zero-order chi connectivity index (χ0) is 12.7. The summed E-state index contributed by atoms with van der Waals surface area (Å²) in [5.74, 6) is -0.929. The summed E-state index contributed by atoms with van der Waals surface area (Å²) in [6.45, 7) is 0.628. The van der Waals surface area contributed by atoms with Gasteiger partial charge in [-0.1, -0.05) is 12.1 Å². The van der Waals surface area contributed by atoms with Gasteiger partial charge in [0.2, 0.25) is 5.91 Å². The molecule has 0 saturated carbocycles. The Bertz CT molecular complexity index is 387. The van der Waals surface area contributed by atoms with Crippen LogP contribution < -0.4 is 10.6 Å². The third-order valence-electron chi connectivity index (χ3n) is 2.20. The Morgan fingerprint density at radius 3 is 2.41 bits per heavy atom. The van der Waals surface area contributed by atoms with Gasteiger partial charge in [0.25, 0.3) is 0 Å². The van der Waals surface area contributed by atoms with Crippen molar-refractivity contribution in [3.8, 4) is 0 Å². The van der Waals surface area contributed by atoms with Crippen molar-refractivity contribution < 1.29 is 14.7 Å². The molecular formula is C12H16N2O3. The Morgan fingerprint density at radius 2 is 1.88 bits per heavy atom. The monoisotopic (exact) mass is 236 g/mol. The average Bonchev–Trinajstić information content (AvgIpc) is 2.28. The first-order valence-corrected chi connectivity index (χ1v) is 5.37. The number of aliphatic carboxylic acids is 1. The fourth-order valence-electron chi connectivity index (χ4n) is 1.34. The van der Waals surface area contributed by atoms with E-state index < -0.39 is 5.97 Å². The zero-order valence-corrected chi connectivity index (χ0v) is 9.69. The predicted molar refractivity (Wildman–Crippen MR) is 65.0 cm³/mol. The summed E-state index contributed by atoms with van der Waals surface area (Å²) < 4.78 is 0. The van der Waals surface area contributed by atoms with Gasteiger partial charge in [0.05, 0.1) is 6.42 Å². The van der Waals surface area contributed by atoms with Crippen LogP contribution in [0.4, 0.5) is 5.69 Å². The maximum absolute atomic E-state index is 11.4. The van der Waals surface area contributed by atoms with Crippen LogP contribution in [-0.2, 0) is 16.0 Å². The minimum Gasteiger partial charge on any atom is -0.481 e. The molecule has 0 aromatic heterocycles. The molecule has 3 N–H and O–H groups in total. The lowest BCUT2D eigenvalue weighted by atomic mass is 10.1. The molecule has 0 unspecified atom stereocenters. The molecule has 92 valence electrons. The molecule has 0 spiro atoms. The minimum atomic E-state index is -0.865. The largest absolute Gasteiger partial charge is 0.481 e. The molecule has 5 nitrogen and oxygen atoms in total. The maximum Gasteiger partial charge on any atom is 0.307 e. The molecule has 0 heterocycles. The molecule has 0 aliphatic rings. The van der Waals surface area contributed by atoms with Crippen LogP contribution in [-0.4, -0.2) is 30.6 Å². The predicted octanol–water partition coefficient (Wildman–Crippen LogP) is 0.862. The number of hydrogen-bond acceptors (Lipinski definition) is 3. The van der Waals surface area contributed by atoms with E-state index in [-0.39, 0.29) is 12.3 Å². The van der Waals surface area contributed by atoms with Crippen LogP contribution in [0.25, 0.3) is 0 Å². The maximum atomic E-state index is 11.4. The van der Waals surface area contributed by atoms with Crippen LogP contribution in [0.3, 0.4) is 0 Å². The Morgan fingerprint density at radius 1 is 1.24 bits per heavy atom. The Labute approximate surface area is 99.8 Å². The number of carboxylic acids is 1. The highest BCUT2D eigenvalue weighted by atomic mass is 16.4. The van der Waals surface area contributed by atoms with Gasteiger partial charge in [-0.3, -0.25) is 9.59 Å². The first-order valence-electron chi connectivity index (χ1n) is 5.37. The van der Waals surface area contributed by atoms with E-state index in [1.54, 1.807) is 31.3 Å². The first kappa shape index (κ1) is 13.2. The van der Waals surface area contributed by atoms with Crippen LogP contribution in [0.5, 0.6) is 0 Å². The molecule has 0 bridgehead atoms. The van der Waals surface area contributed by atoms with E-state index in [1.807, 2.05) is 0 Å². The van der Waals surface area contributed by atoms with Crippen molar-refractivity contribution in [1.82, 2.24) is 5.32 Å². The van der Waals surface area contributed by atoms with Crippen molar-refractivity contribution in [3.05, 3.63) is 29.8 Å². The fourth-order valence-corrected chi connectivity index (χ4v) is 1.34. The quantitative estimate of drug-likeness (QED) is 0.684. The zero-order valence-electron chi connectivity index (χ0n) is 9.69. The Hall–Kier alpha value is -1.88. The van der Waals surface area contributed by atoms with Crippen molar-refractivity contribution >= 4 is 17.6 Å². The third-order valence-corrected chi connectivity index (χ3v) is 2.20. The highest BCUT2D eigenvalue weighted by Gasteiger charge is 2.03. The summed E-state index contributed by atoms with van der Waals surface area (Å²) in [5, 5.41) is 14.2. The van der Waals surface area contributed by atoms with Crippen LogP contribution in [0.2, 0.25) is 0 Å². The van der Waals surface area contributed by atoms with E-state index >= 15 is 0 Å². The Kier molecular flexibility index (Phi) is 5.16. The number of benzene rings is 1. The summed E-state index contributed by atoms with van der Waals surface area (Å²) in [4.78, 5) is 21.9. The molecule has 5 heteroatoms. The molecule has 0 radical (unpaired) electrons. The molecular weight excluding hydrogens is 220 g/mol. The summed E-state index contributed by atoms with van der Waals surface area (Å²) in [5.41, 5.74) is 1.39. The van der Waals surface area contributed by atoms with E-state index in [1.165, 1.54) is 0 Å². The molecule has 1 rings (SSSR count). The molecule has 0 aliphatic heterocycles. The fraction of sp³-hybridized carbons (Fsp3) is 0.333. The normalized spacial score (nSPS) is 9.94. The average molecular weight is 236 g/mol. The lowest BCUT2D eigenvalue weighted by Gasteiger charge is -2.05. The van der Waals surface area contributed by atoms with E-state index in [4.69, 9.17) is 5.11 Å². The number of carbonyl (C=O) groups excluding carboxylic acids is 1. The number of anilines is 1. The van der Waals surface area contributed by atoms with Crippen molar-refractivity contribution in [2.75, 3.05) is 18.9 Å². The van der Waals surface area contributed by atoms with E-state index in [9.17, 15) is 9.59 Å². The number of hydrogen-bond donors (Lipinski definition) is 3. The smallest absolute Gasteiger partial charge is 0.307 e. The van der Waals surface area contributed by atoms with Gasteiger partial charge in [0, 0.05) is 18.7 Å². The molecule has 1 aromatic rings. The lowest BCUT2D eigenvalue weighted by Crippen LogP contribution is -2.18. The van der Waals surface area contributed by atoms with Gasteiger partial charge >= 0.3 is 5.97 Å². The van der Waals surface area contributed by atoms with Gasteiger partial charge in [-0.05, 0) is 24.7 Å². The number of rotatable bonds is 6. The van der Waals surface area contributed by atoms with Crippen LogP contribution in [0.15, 0.2) is 24.3 Å². The molecule has 0 saturated heterocycles. The number of nitrogens with one attached hydrogen (secondary N) is 2. The number of amides is 1. The Balaban J connectivity index is 2.50. The van der Waals surface area contributed by atoms with Gasteiger partial charge in [-0.15, -0.1) is 0 Å². The second-order valence-electron chi connectivity index (χ2n) is 3.67. The van der Waals surface area contributed by atoms with Gasteiger partial charge < -0.3 is 15.7 Å². The van der Waals surface area contributed by atoms with Gasteiger partial charge in [0.15, 0.2) is 0 Å². The van der Waals surface area contributed by atoms with Gasteiger partial charge in [0.1, 0.15) is 0 Å². The molecule has 1 amide bonds. The second kappa shape index (κ2) is 6.65. The van der Waals surface area contributed by atoms with Crippen LogP contribution >= 0.6 is 0 Å². The second-order valence-corrected chi connectivity index (χ2v) is 3.67. The van der Waals surface area contributed by atoms with Crippen LogP contribution in [0, 0.1) is 0 Å². The molecule has 0 aliphatic carbocycles. The van der Waals surface area contributed by atoms with Crippen molar-refractivity contribution in [3.63, 3.8) is 0 Å². The molecule has 1 aromatic carbocycles. The lowest BCUT2D eigenvalue weighted by molar-refractivity contribution is -0.136.